The SMILES string of the molecule is Cc1cc(F)ccc1CCNCc1ccc(CO)o1. The lowest BCUT2D eigenvalue weighted by Gasteiger charge is -2.06. The average Bonchev–Trinajstić information content (AvgIpc) is 2.84. The van der Waals surface area contributed by atoms with Gasteiger partial charge in [0, 0.05) is 0 Å². The van der Waals surface area contributed by atoms with Gasteiger partial charge in [-0.15, -0.1) is 0 Å². The van der Waals surface area contributed by atoms with E-state index in [1.54, 1.807) is 12.1 Å². The molecular formula is C15H18FNO2. The Labute approximate surface area is 112 Å². The van der Waals surface area contributed by atoms with Crippen LogP contribution in [0.4, 0.5) is 4.39 Å². The predicted molar refractivity (Wildman–Crippen MR) is 71.2 cm³/mol. The molecule has 0 aliphatic rings. The minimum Gasteiger partial charge on any atom is -0.462 e. The Bertz CT molecular complexity index is 537. The third-order valence-electron chi connectivity index (χ3n) is 3.05. The third-order valence-corrected chi connectivity index (χ3v) is 3.05. The van der Waals surface area contributed by atoms with Gasteiger partial charge in [-0.05, 0) is 55.3 Å². The first kappa shape index (κ1) is 13.8. The van der Waals surface area contributed by atoms with Crippen molar-refractivity contribution in [2.75, 3.05) is 6.54 Å². The lowest BCUT2D eigenvalue weighted by Crippen LogP contribution is -2.16. The van der Waals surface area contributed by atoms with E-state index in [9.17, 15) is 4.39 Å². The van der Waals surface area contributed by atoms with E-state index in [1.807, 2.05) is 19.1 Å². The van der Waals surface area contributed by atoms with Crippen molar-refractivity contribution >= 4 is 0 Å². The van der Waals surface area contributed by atoms with Crippen LogP contribution in [0.2, 0.25) is 0 Å². The standard InChI is InChI=1S/C15H18FNO2/c1-11-8-13(16)3-2-12(11)6-7-17-9-14-4-5-15(10-18)19-14/h2-5,8,17-18H,6-7,9-10H2,1H3. The van der Waals surface area contributed by atoms with Crippen molar-refractivity contribution in [2.24, 2.45) is 0 Å². The van der Waals surface area contributed by atoms with Crippen molar-refractivity contribution in [1.82, 2.24) is 5.32 Å². The summed E-state index contributed by atoms with van der Waals surface area (Å²) in [6.07, 6.45) is 0.847. The van der Waals surface area contributed by atoms with E-state index in [4.69, 9.17) is 9.52 Å². The molecule has 1 aromatic carbocycles. The average molecular weight is 263 g/mol. The minimum absolute atomic E-state index is 0.0746. The normalized spacial score (nSPS) is 10.9. The highest BCUT2D eigenvalue weighted by molar-refractivity contribution is 5.26. The first-order valence-electron chi connectivity index (χ1n) is 6.33. The van der Waals surface area contributed by atoms with Crippen LogP contribution >= 0.6 is 0 Å². The maximum absolute atomic E-state index is 12.9. The predicted octanol–water partition coefficient (Wildman–Crippen LogP) is 2.55. The highest BCUT2D eigenvalue weighted by Gasteiger charge is 2.02. The van der Waals surface area contributed by atoms with E-state index in [0.717, 1.165) is 29.9 Å². The second-order valence-electron chi connectivity index (χ2n) is 4.52. The molecule has 19 heavy (non-hydrogen) atoms. The van der Waals surface area contributed by atoms with E-state index >= 15 is 0 Å². The lowest BCUT2D eigenvalue weighted by atomic mass is 10.1. The summed E-state index contributed by atoms with van der Waals surface area (Å²) in [5.41, 5.74) is 2.12. The number of nitrogens with one attached hydrogen (secondary N) is 1. The minimum atomic E-state index is -0.193. The number of hydrogen-bond donors (Lipinski definition) is 2. The summed E-state index contributed by atoms with van der Waals surface area (Å²) >= 11 is 0. The summed E-state index contributed by atoms with van der Waals surface area (Å²) in [5.74, 6) is 1.19. The topological polar surface area (TPSA) is 45.4 Å². The quantitative estimate of drug-likeness (QED) is 0.787. The molecule has 0 aliphatic heterocycles. The molecule has 0 bridgehead atoms. The van der Waals surface area contributed by atoms with Crippen LogP contribution in [0.25, 0.3) is 0 Å². The Morgan fingerprint density at radius 1 is 1.21 bits per heavy atom. The molecule has 0 radical (unpaired) electrons. The molecule has 0 unspecified atom stereocenters. The van der Waals surface area contributed by atoms with Gasteiger partial charge in [0.25, 0.3) is 0 Å². The third kappa shape index (κ3) is 3.91. The molecule has 3 nitrogen and oxygen atoms in total. The Morgan fingerprint density at radius 3 is 2.68 bits per heavy atom. The van der Waals surface area contributed by atoms with Gasteiger partial charge in [0.2, 0.25) is 0 Å². The van der Waals surface area contributed by atoms with Gasteiger partial charge >= 0.3 is 0 Å². The van der Waals surface area contributed by atoms with E-state index in [0.29, 0.717) is 12.3 Å². The summed E-state index contributed by atoms with van der Waals surface area (Å²) in [7, 11) is 0. The van der Waals surface area contributed by atoms with E-state index in [-0.39, 0.29) is 12.4 Å². The second-order valence-corrected chi connectivity index (χ2v) is 4.52. The fourth-order valence-electron chi connectivity index (χ4n) is 1.98. The molecule has 0 spiro atoms. The van der Waals surface area contributed by atoms with Gasteiger partial charge in [-0.3, -0.25) is 0 Å². The van der Waals surface area contributed by atoms with E-state index in [1.165, 1.54) is 6.07 Å². The summed E-state index contributed by atoms with van der Waals surface area (Å²) in [6, 6.07) is 8.48. The molecule has 0 saturated heterocycles. The van der Waals surface area contributed by atoms with Crippen molar-refractivity contribution < 1.29 is 13.9 Å². The van der Waals surface area contributed by atoms with Gasteiger partial charge in [0.1, 0.15) is 23.9 Å². The number of halogens is 1. The number of hydrogen-bond acceptors (Lipinski definition) is 3. The zero-order valence-corrected chi connectivity index (χ0v) is 10.9. The molecule has 0 atom stereocenters. The Hall–Kier alpha value is -1.65. The molecule has 4 heteroatoms. The van der Waals surface area contributed by atoms with Crippen LogP contribution < -0.4 is 5.32 Å². The molecule has 0 fully saturated rings. The molecule has 2 aromatic rings. The molecule has 1 aromatic heterocycles. The zero-order valence-electron chi connectivity index (χ0n) is 10.9. The van der Waals surface area contributed by atoms with Gasteiger partial charge in [-0.2, -0.15) is 0 Å². The molecule has 0 saturated carbocycles. The van der Waals surface area contributed by atoms with Crippen LogP contribution in [0.5, 0.6) is 0 Å². The van der Waals surface area contributed by atoms with Gasteiger partial charge in [-0.1, -0.05) is 6.07 Å². The number of aliphatic hydroxyl groups excluding tert-OH is 1. The number of aryl methyl sites for hydroxylation is 1. The van der Waals surface area contributed by atoms with Crippen molar-refractivity contribution in [3.63, 3.8) is 0 Å². The summed E-state index contributed by atoms with van der Waals surface area (Å²) < 4.78 is 18.3. The highest BCUT2D eigenvalue weighted by atomic mass is 19.1. The Kier molecular flexibility index (Phi) is 4.71. The van der Waals surface area contributed by atoms with Gasteiger partial charge in [0.05, 0.1) is 6.54 Å². The lowest BCUT2D eigenvalue weighted by molar-refractivity contribution is 0.243. The molecule has 2 N–H and O–H groups in total. The van der Waals surface area contributed by atoms with E-state index in [2.05, 4.69) is 5.32 Å². The van der Waals surface area contributed by atoms with Crippen LogP contribution in [-0.4, -0.2) is 11.7 Å². The monoisotopic (exact) mass is 263 g/mol. The number of aliphatic hydroxyl groups is 1. The summed E-state index contributed by atoms with van der Waals surface area (Å²) in [5, 5.41) is 12.1. The van der Waals surface area contributed by atoms with Crippen LogP contribution in [0, 0.1) is 12.7 Å². The fourth-order valence-corrected chi connectivity index (χ4v) is 1.98. The van der Waals surface area contributed by atoms with Crippen molar-refractivity contribution in [3.05, 3.63) is 58.8 Å². The van der Waals surface area contributed by atoms with E-state index < -0.39 is 0 Å². The highest BCUT2D eigenvalue weighted by Crippen LogP contribution is 2.11. The van der Waals surface area contributed by atoms with Gasteiger partial charge in [-0.25, -0.2) is 4.39 Å². The molecule has 0 amide bonds. The van der Waals surface area contributed by atoms with Crippen molar-refractivity contribution in [3.8, 4) is 0 Å². The Balaban J connectivity index is 1.77. The maximum Gasteiger partial charge on any atom is 0.129 e. The molecule has 1 heterocycles. The fraction of sp³-hybridized carbons (Fsp3) is 0.333. The Morgan fingerprint density at radius 2 is 2.00 bits per heavy atom. The molecular weight excluding hydrogens is 245 g/mol. The second kappa shape index (κ2) is 6.50. The zero-order chi connectivity index (χ0) is 13.7. The van der Waals surface area contributed by atoms with Crippen molar-refractivity contribution in [1.29, 1.82) is 0 Å². The number of benzene rings is 1. The molecule has 102 valence electrons. The van der Waals surface area contributed by atoms with Crippen molar-refractivity contribution in [2.45, 2.75) is 26.5 Å². The first-order chi connectivity index (χ1) is 9.19. The first-order valence-corrected chi connectivity index (χ1v) is 6.33. The van der Waals surface area contributed by atoms with Crippen LogP contribution in [0.15, 0.2) is 34.7 Å². The van der Waals surface area contributed by atoms with Gasteiger partial charge in [0.15, 0.2) is 0 Å². The van der Waals surface area contributed by atoms with Gasteiger partial charge < -0.3 is 14.8 Å². The summed E-state index contributed by atoms with van der Waals surface area (Å²) in [4.78, 5) is 0. The van der Waals surface area contributed by atoms with Crippen LogP contribution in [0.1, 0.15) is 22.6 Å². The van der Waals surface area contributed by atoms with Crippen LogP contribution in [0.3, 0.4) is 0 Å². The number of furan rings is 1. The van der Waals surface area contributed by atoms with Crippen LogP contribution in [-0.2, 0) is 19.6 Å². The largest absolute Gasteiger partial charge is 0.462 e. The smallest absolute Gasteiger partial charge is 0.129 e. The summed E-state index contributed by atoms with van der Waals surface area (Å²) in [6.45, 7) is 3.26. The number of rotatable bonds is 6. The molecule has 2 rings (SSSR count). The maximum atomic E-state index is 12.9. The molecule has 0 aliphatic carbocycles.